The lowest BCUT2D eigenvalue weighted by Crippen LogP contribution is -2.57. The van der Waals surface area contributed by atoms with Gasteiger partial charge in [0.2, 0.25) is 17.7 Å². The molecule has 3 heterocycles. The average molecular weight is 508 g/mol. The normalized spacial score (nSPS) is 29.3. The third-order valence-electron chi connectivity index (χ3n) is 7.95. The van der Waals surface area contributed by atoms with Gasteiger partial charge in [0, 0.05) is 17.5 Å². The molecule has 3 saturated heterocycles. The Kier molecular flexibility index (Phi) is 6.83. The van der Waals surface area contributed by atoms with Crippen LogP contribution in [0.3, 0.4) is 0 Å². The summed E-state index contributed by atoms with van der Waals surface area (Å²) in [7, 11) is 0. The zero-order chi connectivity index (χ0) is 25.4. The number of aliphatic hydroxyl groups excluding tert-OH is 1. The molecule has 3 aliphatic heterocycles. The predicted molar refractivity (Wildman–Crippen MR) is 140 cm³/mol. The zero-order valence-electron chi connectivity index (χ0n) is 20.6. The number of fused-ring (bicyclic) bond motifs is 1. The standard InChI is InChI=1S/C28H33N3O4S/c1-17(2)20(16-32)31-24(26(34)29-15-18-9-5-3-6-10-18)28-14-13-21(36-28)22(23(28)27(31)35)25(33)30-19-11-7-4-8-12-19/h3-12,17,20-24,32H,13-16H2,1-2H3,(H,29,34)(H,30,33)/t20-,21-,22+,23-,24?,28?/m0/s1. The number of carbonyl (C=O) groups is 3. The molecule has 36 heavy (non-hydrogen) atoms. The molecule has 2 unspecified atom stereocenters. The third kappa shape index (κ3) is 4.10. The molecule has 5 rings (SSSR count). The predicted octanol–water partition coefficient (Wildman–Crippen LogP) is 3.05. The second kappa shape index (κ2) is 9.90. The van der Waals surface area contributed by atoms with Gasteiger partial charge in [0.1, 0.15) is 6.04 Å². The Morgan fingerprint density at radius 3 is 2.39 bits per heavy atom. The van der Waals surface area contributed by atoms with Crippen LogP contribution < -0.4 is 10.6 Å². The van der Waals surface area contributed by atoms with E-state index in [4.69, 9.17) is 0 Å². The molecule has 3 N–H and O–H groups in total. The van der Waals surface area contributed by atoms with E-state index >= 15 is 0 Å². The Bertz CT molecular complexity index is 1130. The maximum Gasteiger partial charge on any atom is 0.244 e. The Balaban J connectivity index is 1.47. The summed E-state index contributed by atoms with van der Waals surface area (Å²) in [6, 6.07) is 17.7. The number of amides is 3. The van der Waals surface area contributed by atoms with Crippen LogP contribution in [0, 0.1) is 17.8 Å². The number of hydrogen-bond acceptors (Lipinski definition) is 5. The lowest BCUT2D eigenvalue weighted by atomic mass is 9.70. The van der Waals surface area contributed by atoms with Crippen molar-refractivity contribution in [2.75, 3.05) is 11.9 Å². The van der Waals surface area contributed by atoms with Crippen LogP contribution in [-0.2, 0) is 20.9 Å². The number of benzene rings is 2. The zero-order valence-corrected chi connectivity index (χ0v) is 21.4. The van der Waals surface area contributed by atoms with Crippen molar-refractivity contribution in [3.8, 4) is 0 Å². The Morgan fingerprint density at radius 2 is 1.75 bits per heavy atom. The monoisotopic (exact) mass is 507 g/mol. The van der Waals surface area contributed by atoms with Crippen LogP contribution in [0.4, 0.5) is 5.69 Å². The molecule has 1 spiro atoms. The van der Waals surface area contributed by atoms with Crippen molar-refractivity contribution < 1.29 is 19.5 Å². The molecule has 3 amide bonds. The molecule has 2 bridgehead atoms. The Hall–Kier alpha value is -2.84. The summed E-state index contributed by atoms with van der Waals surface area (Å²) in [4.78, 5) is 43.0. The van der Waals surface area contributed by atoms with E-state index in [9.17, 15) is 19.5 Å². The maximum atomic E-state index is 14.1. The van der Waals surface area contributed by atoms with Crippen LogP contribution in [0.15, 0.2) is 60.7 Å². The summed E-state index contributed by atoms with van der Waals surface area (Å²) in [5.41, 5.74) is 1.67. The van der Waals surface area contributed by atoms with Gasteiger partial charge in [0.05, 0.1) is 29.2 Å². The van der Waals surface area contributed by atoms with Crippen molar-refractivity contribution in [2.45, 2.75) is 55.3 Å². The molecule has 3 aliphatic rings. The van der Waals surface area contributed by atoms with Gasteiger partial charge in [-0.3, -0.25) is 14.4 Å². The van der Waals surface area contributed by atoms with Crippen LogP contribution in [0.25, 0.3) is 0 Å². The number of para-hydroxylation sites is 1. The van der Waals surface area contributed by atoms with Crippen molar-refractivity contribution in [2.24, 2.45) is 17.8 Å². The molecule has 3 fully saturated rings. The minimum Gasteiger partial charge on any atom is -0.394 e. The third-order valence-corrected chi connectivity index (χ3v) is 9.91. The van der Waals surface area contributed by atoms with E-state index < -0.39 is 28.7 Å². The Morgan fingerprint density at radius 1 is 1.08 bits per heavy atom. The van der Waals surface area contributed by atoms with Gasteiger partial charge in [-0.05, 0) is 36.5 Å². The highest BCUT2D eigenvalue weighted by Gasteiger charge is 2.74. The van der Waals surface area contributed by atoms with Gasteiger partial charge >= 0.3 is 0 Å². The second-order valence-corrected chi connectivity index (χ2v) is 12.0. The van der Waals surface area contributed by atoms with Gasteiger partial charge in [-0.15, -0.1) is 11.8 Å². The smallest absolute Gasteiger partial charge is 0.244 e. The van der Waals surface area contributed by atoms with E-state index in [2.05, 4.69) is 10.6 Å². The van der Waals surface area contributed by atoms with Crippen molar-refractivity contribution in [3.05, 3.63) is 66.2 Å². The molecule has 2 aromatic rings. The quantitative estimate of drug-likeness (QED) is 0.510. The number of nitrogens with one attached hydrogen (secondary N) is 2. The van der Waals surface area contributed by atoms with E-state index in [0.717, 1.165) is 12.0 Å². The van der Waals surface area contributed by atoms with Crippen LogP contribution in [0.2, 0.25) is 0 Å². The van der Waals surface area contributed by atoms with Crippen LogP contribution in [-0.4, -0.2) is 56.4 Å². The highest BCUT2D eigenvalue weighted by Crippen LogP contribution is 2.66. The topological polar surface area (TPSA) is 98.7 Å². The summed E-state index contributed by atoms with van der Waals surface area (Å²) in [6.45, 7) is 4.02. The van der Waals surface area contributed by atoms with Gasteiger partial charge in [-0.2, -0.15) is 0 Å². The molecule has 6 atom stereocenters. The van der Waals surface area contributed by atoms with E-state index in [1.54, 1.807) is 16.7 Å². The summed E-state index contributed by atoms with van der Waals surface area (Å²) in [6.07, 6.45) is 1.48. The summed E-state index contributed by atoms with van der Waals surface area (Å²) in [5, 5.41) is 16.3. The number of likely N-dealkylation sites (tertiary alicyclic amines) is 1. The summed E-state index contributed by atoms with van der Waals surface area (Å²) in [5.74, 6) is -1.73. The van der Waals surface area contributed by atoms with Crippen molar-refractivity contribution in [3.63, 3.8) is 0 Å². The van der Waals surface area contributed by atoms with Gasteiger partial charge in [0.15, 0.2) is 0 Å². The van der Waals surface area contributed by atoms with Crippen molar-refractivity contribution in [1.29, 1.82) is 0 Å². The lowest BCUT2D eigenvalue weighted by Gasteiger charge is -2.38. The highest BCUT2D eigenvalue weighted by atomic mass is 32.2. The van der Waals surface area contributed by atoms with Crippen LogP contribution in [0.5, 0.6) is 0 Å². The SMILES string of the molecule is CC(C)[C@H](CO)N1C(=O)[C@@H]2[C@H](C(=O)Nc3ccccc3)[C@@H]3CCC2(S3)C1C(=O)NCc1ccccc1. The molecule has 7 nitrogen and oxygen atoms in total. The number of hydrogen-bond donors (Lipinski definition) is 3. The van der Waals surface area contributed by atoms with Crippen molar-refractivity contribution >= 4 is 35.2 Å². The lowest BCUT2D eigenvalue weighted by molar-refractivity contribution is -0.143. The number of rotatable bonds is 8. The van der Waals surface area contributed by atoms with E-state index in [0.29, 0.717) is 18.7 Å². The first-order valence-electron chi connectivity index (χ1n) is 12.7. The van der Waals surface area contributed by atoms with Crippen molar-refractivity contribution in [1.82, 2.24) is 10.2 Å². The second-order valence-electron chi connectivity index (χ2n) is 10.4. The molecular weight excluding hydrogens is 474 g/mol. The first-order valence-corrected chi connectivity index (χ1v) is 13.5. The number of anilines is 1. The molecule has 0 saturated carbocycles. The fourth-order valence-electron chi connectivity index (χ4n) is 6.30. The molecular formula is C28H33N3O4S. The largest absolute Gasteiger partial charge is 0.394 e. The Labute approximate surface area is 216 Å². The molecule has 0 aliphatic carbocycles. The molecule has 0 aromatic heterocycles. The summed E-state index contributed by atoms with van der Waals surface area (Å²) >= 11 is 1.64. The summed E-state index contributed by atoms with van der Waals surface area (Å²) < 4.78 is -0.677. The number of aliphatic hydroxyl groups is 1. The van der Waals surface area contributed by atoms with E-state index in [-0.39, 0.29) is 35.5 Å². The highest BCUT2D eigenvalue weighted by molar-refractivity contribution is 8.02. The van der Waals surface area contributed by atoms with Crippen LogP contribution >= 0.6 is 11.8 Å². The van der Waals surface area contributed by atoms with Gasteiger partial charge in [-0.25, -0.2) is 0 Å². The number of thioether (sulfide) groups is 1. The van der Waals surface area contributed by atoms with E-state index in [1.807, 2.05) is 74.5 Å². The molecule has 190 valence electrons. The van der Waals surface area contributed by atoms with E-state index in [1.165, 1.54) is 0 Å². The maximum absolute atomic E-state index is 14.1. The first-order chi connectivity index (χ1) is 17.4. The molecule has 8 heteroatoms. The average Bonchev–Trinajstić information content (AvgIpc) is 3.52. The minimum atomic E-state index is -0.734. The fraction of sp³-hybridized carbons (Fsp3) is 0.464. The molecule has 2 aromatic carbocycles. The fourth-order valence-corrected chi connectivity index (χ4v) is 8.50. The molecule has 0 radical (unpaired) electrons. The first kappa shape index (κ1) is 24.8. The van der Waals surface area contributed by atoms with Gasteiger partial charge in [0.25, 0.3) is 0 Å². The van der Waals surface area contributed by atoms with Gasteiger partial charge < -0.3 is 20.6 Å². The number of carbonyl (C=O) groups excluding carboxylic acids is 3. The van der Waals surface area contributed by atoms with Crippen LogP contribution in [0.1, 0.15) is 32.3 Å². The van der Waals surface area contributed by atoms with Gasteiger partial charge in [-0.1, -0.05) is 62.4 Å². The minimum absolute atomic E-state index is 0.0131. The number of nitrogens with zero attached hydrogens (tertiary/aromatic N) is 1.